The first kappa shape index (κ1) is 8.97. The van der Waals surface area contributed by atoms with Gasteiger partial charge in [0.25, 0.3) is 0 Å². The Bertz CT molecular complexity index is 294. The number of halogens is 1. The van der Waals surface area contributed by atoms with E-state index in [1.807, 2.05) is 6.92 Å². The van der Waals surface area contributed by atoms with Gasteiger partial charge in [-0.3, -0.25) is 0 Å². The monoisotopic (exact) mass is 202 g/mol. The van der Waals surface area contributed by atoms with Gasteiger partial charge in [-0.1, -0.05) is 0 Å². The maximum atomic E-state index is 5.56. The molecule has 13 heavy (non-hydrogen) atoms. The van der Waals surface area contributed by atoms with Crippen molar-refractivity contribution >= 4 is 11.6 Å². The second-order valence-corrected chi connectivity index (χ2v) is 3.58. The highest BCUT2D eigenvalue weighted by Crippen LogP contribution is 2.34. The van der Waals surface area contributed by atoms with Crippen molar-refractivity contribution < 1.29 is 9.15 Å². The van der Waals surface area contributed by atoms with Crippen LogP contribution in [0.1, 0.15) is 31.5 Å². The second kappa shape index (κ2) is 3.27. The first-order chi connectivity index (χ1) is 6.24. The molecule has 0 amide bonds. The van der Waals surface area contributed by atoms with Crippen LogP contribution >= 0.6 is 11.6 Å². The van der Waals surface area contributed by atoms with Gasteiger partial charge in [0.2, 0.25) is 11.8 Å². The zero-order chi connectivity index (χ0) is 9.31. The quantitative estimate of drug-likeness (QED) is 0.687. The highest BCUT2D eigenvalue weighted by atomic mass is 35.5. The molecule has 72 valence electrons. The third-order valence-corrected chi connectivity index (χ3v) is 2.48. The molecule has 1 aromatic heterocycles. The Morgan fingerprint density at radius 2 is 2.38 bits per heavy atom. The molecule has 0 aromatic carbocycles. The first-order valence-electron chi connectivity index (χ1n) is 4.27. The standard InChI is InChI=1S/C8H11ClN2O2/c1-8(3-2-4-12-8)7-11-10-6(5-9)13-7/h2-5H2,1H3. The molecule has 5 heteroatoms. The maximum absolute atomic E-state index is 5.56. The van der Waals surface area contributed by atoms with Gasteiger partial charge < -0.3 is 9.15 Å². The summed E-state index contributed by atoms with van der Waals surface area (Å²) in [6.07, 6.45) is 1.96. The molecular formula is C8H11ClN2O2. The van der Waals surface area contributed by atoms with Crippen molar-refractivity contribution in [3.63, 3.8) is 0 Å². The lowest BCUT2D eigenvalue weighted by molar-refractivity contribution is -0.00599. The Balaban J connectivity index is 2.23. The van der Waals surface area contributed by atoms with Gasteiger partial charge in [0, 0.05) is 6.61 Å². The normalized spacial score (nSPS) is 28.2. The van der Waals surface area contributed by atoms with Gasteiger partial charge in [-0.15, -0.1) is 21.8 Å². The van der Waals surface area contributed by atoms with Crippen LogP contribution in [-0.2, 0) is 16.2 Å². The average Bonchev–Trinajstić information content (AvgIpc) is 2.72. The van der Waals surface area contributed by atoms with E-state index >= 15 is 0 Å². The van der Waals surface area contributed by atoms with Crippen LogP contribution in [0.3, 0.4) is 0 Å². The first-order valence-corrected chi connectivity index (χ1v) is 4.81. The number of aromatic nitrogens is 2. The SMILES string of the molecule is CC1(c2nnc(CCl)o2)CCCO1. The predicted molar refractivity (Wildman–Crippen MR) is 46.4 cm³/mol. The fraction of sp³-hybridized carbons (Fsp3) is 0.750. The van der Waals surface area contributed by atoms with Crippen LogP contribution < -0.4 is 0 Å². The van der Waals surface area contributed by atoms with Crippen LogP contribution in [0.2, 0.25) is 0 Å². The number of rotatable bonds is 2. The molecule has 4 nitrogen and oxygen atoms in total. The largest absolute Gasteiger partial charge is 0.421 e. The molecule has 1 aliphatic rings. The van der Waals surface area contributed by atoms with E-state index in [0.717, 1.165) is 19.4 Å². The number of alkyl halides is 1. The summed E-state index contributed by atoms with van der Waals surface area (Å²) in [5.41, 5.74) is -0.392. The molecule has 1 unspecified atom stereocenters. The summed E-state index contributed by atoms with van der Waals surface area (Å²) in [5.74, 6) is 1.25. The van der Waals surface area contributed by atoms with Crippen molar-refractivity contribution in [3.8, 4) is 0 Å². The molecule has 0 N–H and O–H groups in total. The van der Waals surface area contributed by atoms with Crippen LogP contribution in [0.4, 0.5) is 0 Å². The third kappa shape index (κ3) is 1.56. The summed E-state index contributed by atoms with van der Waals surface area (Å²) in [6, 6.07) is 0. The highest BCUT2D eigenvalue weighted by molar-refractivity contribution is 6.16. The second-order valence-electron chi connectivity index (χ2n) is 3.32. The smallest absolute Gasteiger partial charge is 0.248 e. The fourth-order valence-electron chi connectivity index (χ4n) is 1.47. The molecule has 2 rings (SSSR count). The summed E-state index contributed by atoms with van der Waals surface area (Å²) in [6.45, 7) is 2.72. The molecule has 0 saturated carbocycles. The molecule has 0 radical (unpaired) electrons. The molecule has 1 aliphatic heterocycles. The molecule has 0 spiro atoms. The molecule has 1 saturated heterocycles. The molecule has 1 atom stereocenters. The van der Waals surface area contributed by atoms with Gasteiger partial charge >= 0.3 is 0 Å². The zero-order valence-electron chi connectivity index (χ0n) is 7.42. The average molecular weight is 203 g/mol. The van der Waals surface area contributed by atoms with Gasteiger partial charge in [0.05, 0.1) is 0 Å². The summed E-state index contributed by atoms with van der Waals surface area (Å²) in [4.78, 5) is 0. The topological polar surface area (TPSA) is 48.2 Å². The molecule has 1 aromatic rings. The lowest BCUT2D eigenvalue weighted by Gasteiger charge is -2.17. The summed E-state index contributed by atoms with van der Waals surface area (Å²) in [7, 11) is 0. The molecule has 2 heterocycles. The molecular weight excluding hydrogens is 192 g/mol. The Labute approximate surface area is 81.2 Å². The van der Waals surface area contributed by atoms with Gasteiger partial charge in [-0.05, 0) is 19.8 Å². The lowest BCUT2D eigenvalue weighted by atomic mass is 10.0. The van der Waals surface area contributed by atoms with E-state index in [0.29, 0.717) is 11.8 Å². The van der Waals surface area contributed by atoms with Crippen molar-refractivity contribution in [1.82, 2.24) is 10.2 Å². The van der Waals surface area contributed by atoms with Crippen molar-refractivity contribution in [2.45, 2.75) is 31.2 Å². The zero-order valence-corrected chi connectivity index (χ0v) is 8.17. The van der Waals surface area contributed by atoms with Crippen LogP contribution in [0.5, 0.6) is 0 Å². The summed E-state index contributed by atoms with van der Waals surface area (Å²) >= 11 is 5.56. The number of nitrogens with zero attached hydrogens (tertiary/aromatic N) is 2. The van der Waals surface area contributed by atoms with Gasteiger partial charge in [0.1, 0.15) is 11.5 Å². The molecule has 0 bridgehead atoms. The van der Waals surface area contributed by atoms with Gasteiger partial charge in [0.15, 0.2) is 0 Å². The van der Waals surface area contributed by atoms with Crippen molar-refractivity contribution in [1.29, 1.82) is 0 Å². The Kier molecular flexibility index (Phi) is 2.26. The van der Waals surface area contributed by atoms with E-state index in [4.69, 9.17) is 20.8 Å². The van der Waals surface area contributed by atoms with Gasteiger partial charge in [-0.25, -0.2) is 0 Å². The summed E-state index contributed by atoms with van der Waals surface area (Å²) in [5, 5.41) is 7.71. The third-order valence-electron chi connectivity index (χ3n) is 2.25. The Morgan fingerprint density at radius 1 is 1.54 bits per heavy atom. The van der Waals surface area contributed by atoms with E-state index in [2.05, 4.69) is 10.2 Å². The lowest BCUT2D eigenvalue weighted by Crippen LogP contribution is -2.20. The number of hydrogen-bond acceptors (Lipinski definition) is 4. The minimum Gasteiger partial charge on any atom is -0.421 e. The number of ether oxygens (including phenoxy) is 1. The minimum atomic E-state index is -0.392. The van der Waals surface area contributed by atoms with Crippen LogP contribution in [0.25, 0.3) is 0 Å². The van der Waals surface area contributed by atoms with Crippen LogP contribution in [-0.4, -0.2) is 16.8 Å². The van der Waals surface area contributed by atoms with Gasteiger partial charge in [-0.2, -0.15) is 0 Å². The van der Waals surface area contributed by atoms with E-state index < -0.39 is 5.60 Å². The van der Waals surface area contributed by atoms with Crippen LogP contribution in [0, 0.1) is 0 Å². The Hall–Kier alpha value is -0.610. The predicted octanol–water partition coefficient (Wildman–Crippen LogP) is 1.83. The van der Waals surface area contributed by atoms with E-state index in [-0.39, 0.29) is 5.88 Å². The minimum absolute atomic E-state index is 0.253. The van der Waals surface area contributed by atoms with Crippen molar-refractivity contribution in [3.05, 3.63) is 11.8 Å². The fourth-order valence-corrected chi connectivity index (χ4v) is 1.58. The van der Waals surface area contributed by atoms with Crippen LogP contribution in [0.15, 0.2) is 4.42 Å². The Morgan fingerprint density at radius 3 is 2.92 bits per heavy atom. The molecule has 0 aliphatic carbocycles. The molecule has 1 fully saturated rings. The van der Waals surface area contributed by atoms with E-state index in [1.165, 1.54) is 0 Å². The van der Waals surface area contributed by atoms with E-state index in [1.54, 1.807) is 0 Å². The van der Waals surface area contributed by atoms with E-state index in [9.17, 15) is 0 Å². The highest BCUT2D eigenvalue weighted by Gasteiger charge is 2.37. The van der Waals surface area contributed by atoms with Crippen molar-refractivity contribution in [2.75, 3.05) is 6.61 Å². The number of hydrogen-bond donors (Lipinski definition) is 0. The van der Waals surface area contributed by atoms with Crippen molar-refractivity contribution in [2.24, 2.45) is 0 Å². The maximum Gasteiger partial charge on any atom is 0.248 e. The summed E-state index contributed by atoms with van der Waals surface area (Å²) < 4.78 is 10.9.